The molecule has 0 saturated heterocycles. The molecule has 0 fully saturated rings. The van der Waals surface area contributed by atoms with Crippen LogP contribution in [0.15, 0.2) is 18.2 Å². The maximum atomic E-state index is 2.16. The van der Waals surface area contributed by atoms with Crippen LogP contribution in [0, 0.1) is 13.8 Å². The minimum absolute atomic E-state index is 1.38. The molecular weight excluding hydrogens is 103 g/mol. The van der Waals surface area contributed by atoms with E-state index in [4.69, 9.17) is 0 Å². The number of benzene rings is 1. The van der Waals surface area contributed by atoms with Crippen molar-refractivity contribution in [2.24, 2.45) is 0 Å². The first-order valence-electron chi connectivity index (χ1n) is 3.24. The van der Waals surface area contributed by atoms with Crippen LogP contribution < -0.4 is 4.24 Å². The van der Waals surface area contributed by atoms with Gasteiger partial charge in [-0.2, -0.15) is 0 Å². The van der Waals surface area contributed by atoms with E-state index < -0.39 is 0 Å². The second kappa shape index (κ2) is 2.60. The Balaban J connectivity index is 3.25. The molecule has 0 spiro atoms. The molecule has 0 N–H and O–H groups in total. The van der Waals surface area contributed by atoms with Crippen molar-refractivity contribution < 1.29 is 0 Å². The van der Waals surface area contributed by atoms with Crippen LogP contribution in [0.2, 0.25) is 0 Å². The van der Waals surface area contributed by atoms with Gasteiger partial charge in [-0.25, -0.2) is 0 Å². The molecular formula is C8H9Li. The zero-order valence-corrected chi connectivity index (χ0v) is 6.23. The molecule has 1 aromatic rings. The Morgan fingerprint density at radius 3 is 2.33 bits per heavy atom. The van der Waals surface area contributed by atoms with E-state index in [9.17, 15) is 0 Å². The Kier molecular flexibility index (Phi) is 2.00. The summed E-state index contributed by atoms with van der Waals surface area (Å²) in [7, 11) is 0. The van der Waals surface area contributed by atoms with Crippen molar-refractivity contribution in [3.63, 3.8) is 0 Å². The predicted molar refractivity (Wildman–Crippen MR) is 41.3 cm³/mol. The number of hydrogen-bond donors (Lipinski definition) is 0. The Morgan fingerprint density at radius 1 is 1.22 bits per heavy atom. The molecule has 1 heteroatoms. The van der Waals surface area contributed by atoms with Crippen molar-refractivity contribution in [3.8, 4) is 0 Å². The summed E-state index contributed by atoms with van der Waals surface area (Å²) in [5, 5.41) is 0. The second-order valence-electron chi connectivity index (χ2n) is 2.52. The monoisotopic (exact) mass is 112 g/mol. The summed E-state index contributed by atoms with van der Waals surface area (Å²) in [5.41, 5.74) is 2.80. The number of hydrogen-bond acceptors (Lipinski definition) is 0. The van der Waals surface area contributed by atoms with E-state index in [1.165, 1.54) is 15.4 Å². The summed E-state index contributed by atoms with van der Waals surface area (Å²) >= 11 is 2.14. The Bertz CT molecular complexity index is 196. The predicted octanol–water partition coefficient (Wildman–Crippen LogP) is 1.10. The molecule has 0 atom stereocenters. The van der Waals surface area contributed by atoms with Gasteiger partial charge in [-0.15, -0.1) is 0 Å². The molecule has 42 valence electrons. The second-order valence-corrected chi connectivity index (χ2v) is 2.52. The summed E-state index contributed by atoms with van der Waals surface area (Å²) in [6.07, 6.45) is 0. The average Bonchev–Trinajstić information content (AvgIpc) is 1.83. The van der Waals surface area contributed by atoms with Gasteiger partial charge in [0.2, 0.25) is 0 Å². The molecule has 0 heterocycles. The van der Waals surface area contributed by atoms with Crippen LogP contribution in [0.3, 0.4) is 0 Å². The third kappa shape index (κ3) is 1.39. The van der Waals surface area contributed by atoms with Gasteiger partial charge in [0, 0.05) is 0 Å². The van der Waals surface area contributed by atoms with Crippen molar-refractivity contribution >= 4 is 22.0 Å². The molecule has 9 heavy (non-hydrogen) atoms. The van der Waals surface area contributed by atoms with Crippen molar-refractivity contribution in [3.05, 3.63) is 29.3 Å². The molecule has 0 aliphatic rings. The van der Waals surface area contributed by atoms with Crippen molar-refractivity contribution in [2.45, 2.75) is 13.8 Å². The molecule has 0 saturated carbocycles. The van der Waals surface area contributed by atoms with E-state index in [1.807, 2.05) is 0 Å². The Labute approximate surface area is 65.5 Å². The van der Waals surface area contributed by atoms with Crippen molar-refractivity contribution in [1.29, 1.82) is 0 Å². The van der Waals surface area contributed by atoms with Crippen molar-refractivity contribution in [2.75, 3.05) is 0 Å². The first-order valence-corrected chi connectivity index (χ1v) is 3.24. The summed E-state index contributed by atoms with van der Waals surface area (Å²) in [6.45, 7) is 4.30. The molecule has 1 rings (SSSR count). The van der Waals surface area contributed by atoms with E-state index in [0.717, 1.165) is 0 Å². The van der Waals surface area contributed by atoms with Crippen LogP contribution in [0.4, 0.5) is 0 Å². The fourth-order valence-electron chi connectivity index (χ4n) is 0.898. The first kappa shape index (κ1) is 6.93. The quantitative estimate of drug-likeness (QED) is 0.441. The molecule has 1 aromatic carbocycles. The van der Waals surface area contributed by atoms with Gasteiger partial charge in [-0.1, -0.05) is 0 Å². The molecule has 0 aliphatic heterocycles. The van der Waals surface area contributed by atoms with E-state index >= 15 is 0 Å². The fourth-order valence-corrected chi connectivity index (χ4v) is 0.898. The topological polar surface area (TPSA) is 0 Å². The van der Waals surface area contributed by atoms with Gasteiger partial charge in [0.25, 0.3) is 0 Å². The first-order chi connectivity index (χ1) is 4.22. The van der Waals surface area contributed by atoms with Crippen LogP contribution in [-0.4, -0.2) is 17.7 Å². The van der Waals surface area contributed by atoms with Gasteiger partial charge in [0.05, 0.1) is 0 Å². The molecule has 0 radical (unpaired) electrons. The third-order valence-corrected chi connectivity index (χ3v) is 1.88. The van der Waals surface area contributed by atoms with Gasteiger partial charge in [-0.3, -0.25) is 0 Å². The standard InChI is InChI=1S/C8H9.Li/c1-7-5-3-4-6-8(7)2;/h3-5H,1-2H3;. The molecule has 0 bridgehead atoms. The minimum atomic E-state index is 1.38. The SMILES string of the molecule is [Li][c]1cccc(C)c1C. The summed E-state index contributed by atoms with van der Waals surface area (Å²) < 4.78 is 1.38. The van der Waals surface area contributed by atoms with Gasteiger partial charge >= 0.3 is 65.1 Å². The van der Waals surface area contributed by atoms with Crippen LogP contribution in [0.1, 0.15) is 11.1 Å². The molecule has 0 aromatic heterocycles. The van der Waals surface area contributed by atoms with E-state index in [1.54, 1.807) is 0 Å². The molecule has 0 unspecified atom stereocenters. The van der Waals surface area contributed by atoms with E-state index in [2.05, 4.69) is 49.8 Å². The average molecular weight is 112 g/mol. The van der Waals surface area contributed by atoms with E-state index in [0.29, 0.717) is 0 Å². The normalized spacial score (nSPS) is 9.78. The molecule has 0 nitrogen and oxygen atoms in total. The van der Waals surface area contributed by atoms with Crippen LogP contribution in [0.5, 0.6) is 0 Å². The Morgan fingerprint density at radius 2 is 1.89 bits per heavy atom. The van der Waals surface area contributed by atoms with Crippen LogP contribution in [-0.2, 0) is 0 Å². The van der Waals surface area contributed by atoms with E-state index in [-0.39, 0.29) is 0 Å². The van der Waals surface area contributed by atoms with Gasteiger partial charge < -0.3 is 0 Å². The third-order valence-electron chi connectivity index (χ3n) is 1.88. The van der Waals surface area contributed by atoms with Crippen LogP contribution in [0.25, 0.3) is 0 Å². The summed E-state index contributed by atoms with van der Waals surface area (Å²) in [5.74, 6) is 0. The number of aryl methyl sites for hydroxylation is 1. The van der Waals surface area contributed by atoms with Crippen molar-refractivity contribution in [1.82, 2.24) is 0 Å². The zero-order chi connectivity index (χ0) is 6.85. The Hall–Kier alpha value is -0.183. The number of rotatable bonds is 0. The van der Waals surface area contributed by atoms with Gasteiger partial charge in [-0.05, 0) is 0 Å². The fraction of sp³-hybridized carbons (Fsp3) is 0.250. The molecule has 0 aliphatic carbocycles. The summed E-state index contributed by atoms with van der Waals surface area (Å²) in [4.78, 5) is 0. The van der Waals surface area contributed by atoms with Gasteiger partial charge in [0.15, 0.2) is 0 Å². The summed E-state index contributed by atoms with van der Waals surface area (Å²) in [6, 6.07) is 6.38. The maximum absolute atomic E-state index is 2.16. The zero-order valence-electron chi connectivity index (χ0n) is 6.23. The molecule has 0 amide bonds. The van der Waals surface area contributed by atoms with Gasteiger partial charge in [0.1, 0.15) is 0 Å². The van der Waals surface area contributed by atoms with Crippen LogP contribution >= 0.6 is 0 Å².